The summed E-state index contributed by atoms with van der Waals surface area (Å²) >= 11 is 7.14. The minimum Gasteiger partial charge on any atom is -0.455 e. The predicted molar refractivity (Wildman–Crippen MR) is 81.3 cm³/mol. The summed E-state index contributed by atoms with van der Waals surface area (Å²) in [5.41, 5.74) is 3.26. The van der Waals surface area contributed by atoms with Crippen LogP contribution in [0.2, 0.25) is 0 Å². The molecule has 0 radical (unpaired) electrons. The van der Waals surface area contributed by atoms with Crippen molar-refractivity contribution in [1.82, 2.24) is 0 Å². The minimum atomic E-state index is -0.359. The number of hydrogen-bond donors (Lipinski definition) is 0. The molecule has 2 nitrogen and oxygen atoms in total. The van der Waals surface area contributed by atoms with Crippen LogP contribution in [0.5, 0.6) is 0 Å². The van der Waals surface area contributed by atoms with E-state index < -0.39 is 0 Å². The fourth-order valence-corrected chi connectivity index (χ4v) is 3.05. The molecule has 0 unspecified atom stereocenters. The van der Waals surface area contributed by atoms with Gasteiger partial charge in [0.1, 0.15) is 12.5 Å². The van der Waals surface area contributed by atoms with Crippen LogP contribution in [-0.4, -0.2) is 0 Å². The van der Waals surface area contributed by atoms with Crippen LogP contribution in [0.1, 0.15) is 11.9 Å². The van der Waals surface area contributed by atoms with E-state index in [1.807, 2.05) is 24.3 Å². The van der Waals surface area contributed by atoms with E-state index >= 15 is 0 Å². The molecule has 0 aliphatic carbocycles. The van der Waals surface area contributed by atoms with Crippen LogP contribution in [0, 0.1) is 0 Å². The van der Waals surface area contributed by atoms with Gasteiger partial charge in [-0.2, -0.15) is 0 Å². The molecule has 3 rings (SSSR count). The van der Waals surface area contributed by atoms with Gasteiger partial charge in [-0.25, -0.2) is 0 Å². The lowest BCUT2D eigenvalue weighted by atomic mass is 10.0. The first-order valence-electron chi connectivity index (χ1n) is 5.76. The van der Waals surface area contributed by atoms with Crippen LogP contribution in [0.15, 0.2) is 63.9 Å². The maximum atomic E-state index is 5.35. The normalized spacial score (nSPS) is 14.2. The Hall–Kier alpha value is -1.26. The number of ether oxygens (including phenoxy) is 2. The van der Waals surface area contributed by atoms with Crippen molar-refractivity contribution in [2.24, 2.45) is 0 Å². The molecule has 0 amide bonds. The zero-order chi connectivity index (χ0) is 13.2. The minimum absolute atomic E-state index is 0.359. The molecule has 0 fully saturated rings. The van der Waals surface area contributed by atoms with E-state index in [9.17, 15) is 0 Å². The highest BCUT2D eigenvalue weighted by atomic mass is 79.9. The highest BCUT2D eigenvalue weighted by Crippen LogP contribution is 2.35. The van der Waals surface area contributed by atoms with E-state index in [4.69, 9.17) is 9.47 Å². The summed E-state index contributed by atoms with van der Waals surface area (Å²) in [5.74, 6) is 0. The molecular weight excluding hydrogens is 372 g/mol. The number of hydrogen-bond acceptors (Lipinski definition) is 2. The first-order valence-corrected chi connectivity index (χ1v) is 7.34. The van der Waals surface area contributed by atoms with Gasteiger partial charge in [0.25, 0.3) is 6.29 Å². The van der Waals surface area contributed by atoms with Crippen LogP contribution in [0.3, 0.4) is 0 Å². The van der Waals surface area contributed by atoms with Gasteiger partial charge in [-0.3, -0.25) is 0 Å². The molecule has 96 valence electrons. The molecule has 0 N–H and O–H groups in total. The standard InChI is InChI=1S/C15H10Br2O2/c16-13-4-2-1-3-11(13)10-5-6-12(14(17)9-10)15-18-7-8-19-15/h1-9,15H. The second-order valence-corrected chi connectivity index (χ2v) is 5.80. The smallest absolute Gasteiger partial charge is 0.267 e. The van der Waals surface area contributed by atoms with E-state index in [0.29, 0.717) is 0 Å². The lowest BCUT2D eigenvalue weighted by Gasteiger charge is -2.14. The van der Waals surface area contributed by atoms with Crippen molar-refractivity contribution >= 4 is 31.9 Å². The van der Waals surface area contributed by atoms with Gasteiger partial charge in [0.15, 0.2) is 0 Å². The summed E-state index contributed by atoms with van der Waals surface area (Å²) in [6, 6.07) is 14.3. The summed E-state index contributed by atoms with van der Waals surface area (Å²) in [5, 5.41) is 0. The molecule has 2 aromatic carbocycles. The zero-order valence-corrected chi connectivity index (χ0v) is 13.0. The van der Waals surface area contributed by atoms with Crippen molar-refractivity contribution in [2.75, 3.05) is 0 Å². The van der Waals surface area contributed by atoms with Gasteiger partial charge in [0, 0.05) is 14.5 Å². The molecule has 0 saturated heterocycles. The van der Waals surface area contributed by atoms with E-state index in [2.05, 4.69) is 50.1 Å². The van der Waals surface area contributed by atoms with E-state index in [1.165, 1.54) is 0 Å². The van der Waals surface area contributed by atoms with Crippen LogP contribution in [-0.2, 0) is 9.47 Å². The Morgan fingerprint density at radius 2 is 1.58 bits per heavy atom. The van der Waals surface area contributed by atoms with Crippen molar-refractivity contribution in [2.45, 2.75) is 6.29 Å². The van der Waals surface area contributed by atoms with Crippen molar-refractivity contribution < 1.29 is 9.47 Å². The molecule has 1 aliphatic heterocycles. The fraction of sp³-hybridized carbons (Fsp3) is 0.0667. The summed E-state index contributed by atoms with van der Waals surface area (Å²) in [6.45, 7) is 0. The predicted octanol–water partition coefficient (Wildman–Crippen LogP) is 5.40. The van der Waals surface area contributed by atoms with Gasteiger partial charge in [0.2, 0.25) is 0 Å². The quantitative estimate of drug-likeness (QED) is 0.693. The molecule has 1 heterocycles. The Morgan fingerprint density at radius 3 is 2.26 bits per heavy atom. The third kappa shape index (κ3) is 2.55. The van der Waals surface area contributed by atoms with E-state index in [0.717, 1.165) is 25.6 Å². The van der Waals surface area contributed by atoms with Gasteiger partial charge >= 0.3 is 0 Å². The van der Waals surface area contributed by atoms with Gasteiger partial charge in [-0.1, -0.05) is 56.1 Å². The third-order valence-electron chi connectivity index (χ3n) is 2.90. The van der Waals surface area contributed by atoms with Crippen LogP contribution >= 0.6 is 31.9 Å². The molecule has 0 bridgehead atoms. The average Bonchev–Trinajstić information content (AvgIpc) is 2.93. The molecule has 0 saturated carbocycles. The summed E-state index contributed by atoms with van der Waals surface area (Å²) in [4.78, 5) is 0. The molecule has 4 heteroatoms. The van der Waals surface area contributed by atoms with Gasteiger partial charge in [0.05, 0.1) is 0 Å². The largest absolute Gasteiger partial charge is 0.455 e. The Labute approximate surface area is 128 Å². The van der Waals surface area contributed by atoms with Crippen LogP contribution < -0.4 is 0 Å². The molecule has 0 spiro atoms. The SMILES string of the molecule is Brc1ccccc1-c1ccc(C2OC=CO2)c(Br)c1. The fourth-order valence-electron chi connectivity index (χ4n) is 1.97. The highest BCUT2D eigenvalue weighted by molar-refractivity contribution is 9.11. The molecule has 1 aliphatic rings. The maximum absolute atomic E-state index is 5.35. The van der Waals surface area contributed by atoms with E-state index in [1.54, 1.807) is 12.5 Å². The summed E-state index contributed by atoms with van der Waals surface area (Å²) < 4.78 is 12.7. The Balaban J connectivity index is 1.97. The monoisotopic (exact) mass is 380 g/mol. The van der Waals surface area contributed by atoms with E-state index in [-0.39, 0.29) is 6.29 Å². The van der Waals surface area contributed by atoms with Crippen molar-refractivity contribution in [3.05, 3.63) is 69.5 Å². The molecular formula is C15H10Br2O2. The number of rotatable bonds is 2. The van der Waals surface area contributed by atoms with Crippen molar-refractivity contribution in [3.8, 4) is 11.1 Å². The lowest BCUT2D eigenvalue weighted by Crippen LogP contribution is -1.99. The summed E-state index contributed by atoms with van der Waals surface area (Å²) in [7, 11) is 0. The molecule has 2 aromatic rings. The number of benzene rings is 2. The van der Waals surface area contributed by atoms with Crippen molar-refractivity contribution in [1.29, 1.82) is 0 Å². The first kappa shape index (κ1) is 12.8. The average molecular weight is 382 g/mol. The number of halogens is 2. The molecule has 0 aromatic heterocycles. The highest BCUT2D eigenvalue weighted by Gasteiger charge is 2.19. The van der Waals surface area contributed by atoms with Gasteiger partial charge < -0.3 is 9.47 Å². The topological polar surface area (TPSA) is 18.5 Å². The second-order valence-electron chi connectivity index (χ2n) is 4.09. The van der Waals surface area contributed by atoms with Gasteiger partial charge in [-0.05, 0) is 29.3 Å². The third-order valence-corrected chi connectivity index (χ3v) is 4.28. The second kappa shape index (κ2) is 5.39. The van der Waals surface area contributed by atoms with Crippen LogP contribution in [0.25, 0.3) is 11.1 Å². The Kier molecular flexibility index (Phi) is 3.62. The molecule has 19 heavy (non-hydrogen) atoms. The van der Waals surface area contributed by atoms with Crippen molar-refractivity contribution in [3.63, 3.8) is 0 Å². The Morgan fingerprint density at radius 1 is 0.842 bits per heavy atom. The van der Waals surface area contributed by atoms with Gasteiger partial charge in [-0.15, -0.1) is 0 Å². The Bertz CT molecular complexity index is 630. The lowest BCUT2D eigenvalue weighted by molar-refractivity contribution is -0.0251. The first-order chi connectivity index (χ1) is 9.25. The van der Waals surface area contributed by atoms with Crippen LogP contribution in [0.4, 0.5) is 0 Å². The molecule has 0 atom stereocenters. The maximum Gasteiger partial charge on any atom is 0.267 e. The summed E-state index contributed by atoms with van der Waals surface area (Å²) in [6.07, 6.45) is 2.75. The zero-order valence-electron chi connectivity index (χ0n) is 9.85.